The van der Waals surface area contributed by atoms with Crippen LogP contribution in [-0.4, -0.2) is 60.3 Å². The Morgan fingerprint density at radius 3 is 2.38 bits per heavy atom. The van der Waals surface area contributed by atoms with Gasteiger partial charge in [0.25, 0.3) is 0 Å². The van der Waals surface area contributed by atoms with E-state index >= 15 is 0 Å². The zero-order valence-electron chi connectivity index (χ0n) is 26.9. The number of carbonyl (C=O) groups excluding carboxylic acids is 1. The number of ether oxygens (including phenoxy) is 2. The summed E-state index contributed by atoms with van der Waals surface area (Å²) in [7, 11) is 1.63. The maximum atomic E-state index is 13.9. The van der Waals surface area contributed by atoms with Gasteiger partial charge in [-0.25, -0.2) is 14.8 Å². The van der Waals surface area contributed by atoms with Crippen LogP contribution in [-0.2, 0) is 30.6 Å². The lowest BCUT2D eigenvalue weighted by Crippen LogP contribution is -2.50. The van der Waals surface area contributed by atoms with E-state index in [2.05, 4.69) is 27.3 Å². The monoisotopic (exact) mass is 637 g/mol. The van der Waals surface area contributed by atoms with Gasteiger partial charge in [-0.05, 0) is 74.4 Å². The molecule has 1 saturated heterocycles. The number of carbonyl (C=O) groups is 2. The molecule has 4 aromatic rings. The average molecular weight is 638 g/mol. The second kappa shape index (κ2) is 16.0. The lowest BCUT2D eigenvalue weighted by Gasteiger charge is -2.41. The third-order valence-corrected chi connectivity index (χ3v) is 8.78. The number of carboxylic acids is 1. The van der Waals surface area contributed by atoms with Crippen LogP contribution < -0.4 is 25.4 Å². The highest BCUT2D eigenvalue weighted by Gasteiger charge is 2.42. The zero-order valence-corrected chi connectivity index (χ0v) is 26.9. The first-order valence-corrected chi connectivity index (χ1v) is 16.1. The summed E-state index contributed by atoms with van der Waals surface area (Å²) < 4.78 is 11.2. The molecule has 2 heterocycles. The molecule has 47 heavy (non-hydrogen) atoms. The van der Waals surface area contributed by atoms with E-state index in [0.717, 1.165) is 34.6 Å². The molecule has 0 radical (unpaired) electrons. The van der Waals surface area contributed by atoms with Crippen molar-refractivity contribution in [2.75, 3.05) is 38.3 Å². The highest BCUT2D eigenvalue weighted by molar-refractivity contribution is 5.88. The molecule has 1 aromatic heterocycles. The Labute approximate surface area is 276 Å². The first-order chi connectivity index (χ1) is 22.9. The molecule has 4 N–H and O–H groups in total. The van der Waals surface area contributed by atoms with Crippen LogP contribution in [0.1, 0.15) is 52.0 Å². The molecule has 0 atom stereocenters. The van der Waals surface area contributed by atoms with Crippen LogP contribution in [0.5, 0.6) is 11.5 Å². The van der Waals surface area contributed by atoms with E-state index in [1.807, 2.05) is 66.7 Å². The van der Waals surface area contributed by atoms with Crippen LogP contribution in [0.15, 0.2) is 85.1 Å². The summed E-state index contributed by atoms with van der Waals surface area (Å²) >= 11 is 0. The van der Waals surface area contributed by atoms with Crippen LogP contribution in [0.25, 0.3) is 0 Å². The van der Waals surface area contributed by atoms with E-state index in [4.69, 9.17) is 20.2 Å². The number of benzene rings is 3. The molecule has 1 aliphatic heterocycles. The Morgan fingerprint density at radius 1 is 0.957 bits per heavy atom. The molecule has 10 heteroatoms. The van der Waals surface area contributed by atoms with E-state index in [9.17, 15) is 14.7 Å². The highest BCUT2D eigenvalue weighted by Crippen LogP contribution is 2.37. The smallest absolute Gasteiger partial charge is 0.339 e. The summed E-state index contributed by atoms with van der Waals surface area (Å²) in [6.45, 7) is 2.64. The quantitative estimate of drug-likeness (QED) is 0.156. The number of anilines is 1. The fraction of sp³-hybridized carbons (Fsp3) is 0.351. The van der Waals surface area contributed by atoms with Gasteiger partial charge < -0.3 is 30.5 Å². The van der Waals surface area contributed by atoms with Gasteiger partial charge in [0.2, 0.25) is 11.9 Å². The number of aromatic nitrogens is 2. The summed E-state index contributed by atoms with van der Waals surface area (Å²) in [5.74, 6) is 0.950. The van der Waals surface area contributed by atoms with Gasteiger partial charge in [0.15, 0.2) is 0 Å². The molecule has 10 nitrogen and oxygen atoms in total. The summed E-state index contributed by atoms with van der Waals surface area (Å²) in [5, 5.41) is 13.1. The van der Waals surface area contributed by atoms with Crippen molar-refractivity contribution in [2.24, 2.45) is 11.1 Å². The van der Waals surface area contributed by atoms with Crippen LogP contribution in [0, 0.1) is 5.41 Å². The normalized spacial score (nSPS) is 14.0. The molecule has 246 valence electrons. The van der Waals surface area contributed by atoms with Crippen molar-refractivity contribution >= 4 is 17.8 Å². The number of hydrogen-bond donors (Lipinski definition) is 3. The molecule has 0 aliphatic carbocycles. The van der Waals surface area contributed by atoms with Gasteiger partial charge >= 0.3 is 5.97 Å². The fourth-order valence-corrected chi connectivity index (χ4v) is 6.03. The van der Waals surface area contributed by atoms with Gasteiger partial charge in [-0.3, -0.25) is 4.79 Å². The highest BCUT2D eigenvalue weighted by atomic mass is 16.5. The van der Waals surface area contributed by atoms with Crippen LogP contribution >= 0.6 is 0 Å². The third kappa shape index (κ3) is 8.65. The number of nitrogens with zero attached hydrogens (tertiary/aromatic N) is 3. The van der Waals surface area contributed by atoms with E-state index < -0.39 is 11.4 Å². The zero-order chi connectivity index (χ0) is 33.1. The van der Waals surface area contributed by atoms with Gasteiger partial charge in [-0.15, -0.1) is 0 Å². The Bertz CT molecular complexity index is 1620. The molecular formula is C37H43N5O5. The second-order valence-electron chi connectivity index (χ2n) is 11.9. The maximum Gasteiger partial charge on any atom is 0.339 e. The van der Waals surface area contributed by atoms with Gasteiger partial charge in [-0.2, -0.15) is 0 Å². The fourth-order valence-electron chi connectivity index (χ4n) is 6.03. The largest absolute Gasteiger partial charge is 0.496 e. The van der Waals surface area contributed by atoms with Gasteiger partial charge in [0.05, 0.1) is 30.4 Å². The first kappa shape index (κ1) is 33.4. The number of amides is 1. The maximum absolute atomic E-state index is 13.9. The molecule has 0 spiro atoms. The summed E-state index contributed by atoms with van der Waals surface area (Å²) in [5.41, 5.74) is 8.58. The minimum absolute atomic E-state index is 0.00513. The topological polar surface area (TPSA) is 140 Å². The number of methoxy groups -OCH3 is 1. The molecule has 0 unspecified atom stereocenters. The minimum Gasteiger partial charge on any atom is -0.496 e. The number of para-hydroxylation sites is 1. The predicted molar refractivity (Wildman–Crippen MR) is 181 cm³/mol. The third-order valence-electron chi connectivity index (χ3n) is 8.78. The van der Waals surface area contributed by atoms with Crippen LogP contribution in [0.2, 0.25) is 0 Å². The SMILES string of the molecule is COc1ccccc1CNC(=O)C1(Cc2ccccc2)CCN(c2ncc(C(=O)O)c(CCc3ccc(OCCCN)cc3)n2)CC1. The second-order valence-corrected chi connectivity index (χ2v) is 11.9. The first-order valence-electron chi connectivity index (χ1n) is 16.1. The lowest BCUT2D eigenvalue weighted by molar-refractivity contribution is -0.132. The lowest BCUT2D eigenvalue weighted by atomic mass is 9.73. The van der Waals surface area contributed by atoms with E-state index in [0.29, 0.717) is 76.5 Å². The standard InChI is InChI=1S/C37H43N5O5/c1-46-33-11-6-5-10-29(33)25-39-35(45)37(24-28-8-3-2-4-9-28)18-21-42(22-19-37)36-40-26-31(34(43)44)32(41-36)17-14-27-12-15-30(16-13-27)47-23-7-20-38/h2-6,8-13,15-16,26H,7,14,17-25,38H2,1H3,(H,39,45)(H,43,44). The van der Waals surface area contributed by atoms with Crippen molar-refractivity contribution in [1.82, 2.24) is 15.3 Å². The molecule has 5 rings (SSSR count). The van der Waals surface area contributed by atoms with Crippen molar-refractivity contribution in [1.29, 1.82) is 0 Å². The number of rotatable bonds is 15. The summed E-state index contributed by atoms with van der Waals surface area (Å²) in [4.78, 5) is 37.3. The Balaban J connectivity index is 1.28. The van der Waals surface area contributed by atoms with E-state index in [1.165, 1.54) is 6.20 Å². The van der Waals surface area contributed by atoms with Crippen molar-refractivity contribution < 1.29 is 24.2 Å². The minimum atomic E-state index is -1.05. The molecule has 0 saturated carbocycles. The molecule has 0 bridgehead atoms. The van der Waals surface area contributed by atoms with Crippen molar-refractivity contribution in [3.05, 3.63) is 113 Å². The average Bonchev–Trinajstić information content (AvgIpc) is 3.11. The number of aryl methyl sites for hydroxylation is 2. The summed E-state index contributed by atoms with van der Waals surface area (Å²) in [6.07, 6.45) is 5.06. The van der Waals surface area contributed by atoms with Crippen LogP contribution in [0.4, 0.5) is 5.95 Å². The Kier molecular flexibility index (Phi) is 11.4. The number of piperidine rings is 1. The predicted octanol–water partition coefficient (Wildman–Crippen LogP) is 4.84. The summed E-state index contributed by atoms with van der Waals surface area (Å²) in [6, 6.07) is 25.6. The Hall–Kier alpha value is -4.96. The van der Waals surface area contributed by atoms with E-state index in [1.54, 1.807) is 7.11 Å². The number of nitrogens with one attached hydrogen (secondary N) is 1. The van der Waals surface area contributed by atoms with Crippen LogP contribution in [0.3, 0.4) is 0 Å². The molecule has 1 amide bonds. The van der Waals surface area contributed by atoms with Crippen molar-refractivity contribution in [3.63, 3.8) is 0 Å². The van der Waals surface area contributed by atoms with E-state index in [-0.39, 0.29) is 11.5 Å². The Morgan fingerprint density at radius 2 is 1.68 bits per heavy atom. The number of nitrogens with two attached hydrogens (primary N) is 1. The molecular weight excluding hydrogens is 594 g/mol. The van der Waals surface area contributed by atoms with Gasteiger partial charge in [0.1, 0.15) is 11.5 Å². The van der Waals surface area contributed by atoms with Gasteiger partial charge in [-0.1, -0.05) is 60.7 Å². The van der Waals surface area contributed by atoms with Crippen molar-refractivity contribution in [3.8, 4) is 11.5 Å². The number of carboxylic acid groups (broad SMARTS) is 1. The van der Waals surface area contributed by atoms with Crippen molar-refractivity contribution in [2.45, 2.75) is 45.1 Å². The number of aromatic carboxylic acids is 1. The van der Waals surface area contributed by atoms with Gasteiger partial charge in [0, 0.05) is 31.4 Å². The molecule has 1 aliphatic rings. The molecule has 1 fully saturated rings. The molecule has 3 aromatic carbocycles. The number of hydrogen-bond acceptors (Lipinski definition) is 8.